The first-order valence-electron chi connectivity index (χ1n) is 4.76. The fourth-order valence-electron chi connectivity index (χ4n) is 1.31. The molecule has 0 radical (unpaired) electrons. The summed E-state index contributed by atoms with van der Waals surface area (Å²) in [4.78, 5) is 11.6. The number of hydrogen-bond donors (Lipinski definition) is 1. The van der Waals surface area contributed by atoms with Crippen molar-refractivity contribution < 1.29 is 9.53 Å². The monoisotopic (exact) mass is 271 g/mol. The average Bonchev–Trinajstić information content (AvgIpc) is 2.87. The molecule has 0 aliphatic carbocycles. The predicted molar refractivity (Wildman–Crippen MR) is 66.6 cm³/mol. The van der Waals surface area contributed by atoms with Gasteiger partial charge in [0, 0.05) is 0 Å². The minimum atomic E-state index is -0.718. The van der Waals surface area contributed by atoms with E-state index in [9.17, 15) is 4.79 Å². The molecule has 1 aromatic heterocycles. The molecule has 90 valence electrons. The Hall–Kier alpha value is -1.48. The third-order valence-corrected chi connectivity index (χ3v) is 3.49. The van der Waals surface area contributed by atoms with Crippen molar-refractivity contribution in [2.45, 2.75) is 12.2 Å². The van der Waals surface area contributed by atoms with Crippen molar-refractivity contribution in [3.05, 3.63) is 12.7 Å². The number of carbonyl (C=O) groups is 1. The predicted octanol–water partition coefficient (Wildman–Crippen LogP) is 0.157. The summed E-state index contributed by atoms with van der Waals surface area (Å²) in [5, 5.41) is 15.9. The number of aromatic nitrogens is 3. The first-order valence-corrected chi connectivity index (χ1v) is 6.04. The van der Waals surface area contributed by atoms with Crippen LogP contribution in [0.1, 0.15) is 6.92 Å². The molecule has 0 spiro atoms. The lowest BCUT2D eigenvalue weighted by molar-refractivity contribution is -0.141. The molecule has 9 heteroatoms. The lowest BCUT2D eigenvalue weighted by atomic mass is 10.4. The van der Waals surface area contributed by atoms with Crippen LogP contribution in [0.25, 0.3) is 0 Å². The molecule has 1 aliphatic heterocycles. The topological polar surface area (TPSA) is 84.1 Å². The molecular formula is C8H9N5O2S2. The Balaban J connectivity index is 2.20. The first kappa shape index (κ1) is 12.0. The van der Waals surface area contributed by atoms with E-state index in [1.54, 1.807) is 6.92 Å². The largest absolute Gasteiger partial charge is 0.465 e. The highest BCUT2D eigenvalue weighted by Gasteiger charge is 2.40. The van der Waals surface area contributed by atoms with Crippen molar-refractivity contribution in [1.29, 1.82) is 5.41 Å². The molecule has 1 N–H and O–H groups in total. The molecule has 1 saturated heterocycles. The molecule has 7 nitrogen and oxygen atoms in total. The Morgan fingerprint density at radius 3 is 2.88 bits per heavy atom. The van der Waals surface area contributed by atoms with E-state index in [0.29, 0.717) is 4.32 Å². The molecular weight excluding hydrogens is 262 g/mol. The third kappa shape index (κ3) is 2.15. The van der Waals surface area contributed by atoms with Gasteiger partial charge in [0.25, 0.3) is 0 Å². The molecule has 2 rings (SSSR count). The van der Waals surface area contributed by atoms with Gasteiger partial charge in [-0.25, -0.2) is 9.69 Å². The van der Waals surface area contributed by atoms with E-state index in [-0.39, 0.29) is 12.4 Å². The van der Waals surface area contributed by atoms with Gasteiger partial charge in [0.1, 0.15) is 18.5 Å². The van der Waals surface area contributed by atoms with Gasteiger partial charge in [-0.15, -0.1) is 10.2 Å². The van der Waals surface area contributed by atoms with Crippen LogP contribution in [-0.4, -0.2) is 42.9 Å². The second kappa shape index (κ2) is 4.80. The smallest absolute Gasteiger partial charge is 0.327 e. The van der Waals surface area contributed by atoms with Gasteiger partial charge in [-0.05, 0) is 6.92 Å². The normalized spacial score (nSPS) is 19.8. The zero-order valence-corrected chi connectivity index (χ0v) is 10.5. The Morgan fingerprint density at radius 2 is 2.29 bits per heavy atom. The summed E-state index contributed by atoms with van der Waals surface area (Å²) in [6, 6.07) is 0. The molecule has 0 amide bonds. The van der Waals surface area contributed by atoms with Crippen molar-refractivity contribution in [2.75, 3.05) is 11.6 Å². The summed E-state index contributed by atoms with van der Waals surface area (Å²) in [5.74, 6) is -0.404. The summed E-state index contributed by atoms with van der Waals surface area (Å²) < 4.78 is 6.73. The van der Waals surface area contributed by atoms with Crippen LogP contribution < -0.4 is 5.01 Å². The molecule has 17 heavy (non-hydrogen) atoms. The van der Waals surface area contributed by atoms with Crippen LogP contribution in [0.3, 0.4) is 0 Å². The van der Waals surface area contributed by atoms with E-state index in [1.807, 2.05) is 0 Å². The highest BCUT2D eigenvalue weighted by Crippen LogP contribution is 2.27. The van der Waals surface area contributed by atoms with Crippen LogP contribution in [0.15, 0.2) is 12.7 Å². The number of amidine groups is 1. The van der Waals surface area contributed by atoms with Gasteiger partial charge in [-0.3, -0.25) is 10.2 Å². The van der Waals surface area contributed by atoms with Gasteiger partial charge in [0.15, 0.2) is 9.57 Å². The molecule has 2 heterocycles. The molecule has 0 unspecified atom stereocenters. The maximum atomic E-state index is 11.6. The zero-order valence-electron chi connectivity index (χ0n) is 8.86. The van der Waals surface area contributed by atoms with Gasteiger partial charge < -0.3 is 4.74 Å². The maximum absolute atomic E-state index is 11.6. The van der Waals surface area contributed by atoms with Gasteiger partial charge in [0.2, 0.25) is 0 Å². The van der Waals surface area contributed by atoms with Crippen molar-refractivity contribution in [2.24, 2.45) is 0 Å². The number of ether oxygens (including phenoxy) is 1. The molecule has 1 aliphatic rings. The van der Waals surface area contributed by atoms with Crippen molar-refractivity contribution in [1.82, 2.24) is 14.9 Å². The van der Waals surface area contributed by atoms with Gasteiger partial charge in [0.05, 0.1) is 6.61 Å². The van der Waals surface area contributed by atoms with Crippen molar-refractivity contribution in [3.8, 4) is 0 Å². The molecule has 1 atom stereocenters. The van der Waals surface area contributed by atoms with Crippen LogP contribution in [0.2, 0.25) is 0 Å². The van der Waals surface area contributed by atoms with Crippen LogP contribution in [0, 0.1) is 5.41 Å². The van der Waals surface area contributed by atoms with Gasteiger partial charge >= 0.3 is 5.97 Å². The average molecular weight is 271 g/mol. The van der Waals surface area contributed by atoms with Crippen LogP contribution in [0.4, 0.5) is 0 Å². The van der Waals surface area contributed by atoms with Crippen LogP contribution in [-0.2, 0) is 9.53 Å². The van der Waals surface area contributed by atoms with E-state index in [2.05, 4.69) is 10.2 Å². The number of rotatable bonds is 3. The van der Waals surface area contributed by atoms with Crippen molar-refractivity contribution >= 4 is 40.1 Å². The molecule has 0 saturated carbocycles. The minimum absolute atomic E-state index is 0.0539. The Kier molecular flexibility index (Phi) is 3.38. The van der Waals surface area contributed by atoms with E-state index in [0.717, 1.165) is 11.8 Å². The molecule has 1 aromatic rings. The third-order valence-electron chi connectivity index (χ3n) is 2.01. The minimum Gasteiger partial charge on any atom is -0.465 e. The summed E-state index contributed by atoms with van der Waals surface area (Å²) in [5.41, 5.74) is 0. The maximum Gasteiger partial charge on any atom is 0.327 e. The number of esters is 1. The lowest BCUT2D eigenvalue weighted by Crippen LogP contribution is -2.41. The molecule has 1 fully saturated rings. The lowest BCUT2D eigenvalue weighted by Gasteiger charge is -2.16. The Labute approximate surface area is 107 Å². The summed E-state index contributed by atoms with van der Waals surface area (Å²) >= 11 is 6.22. The van der Waals surface area contributed by atoms with E-state index in [4.69, 9.17) is 22.4 Å². The van der Waals surface area contributed by atoms with Gasteiger partial charge in [-0.1, -0.05) is 24.0 Å². The highest BCUT2D eigenvalue weighted by molar-refractivity contribution is 8.25. The van der Waals surface area contributed by atoms with Crippen LogP contribution >= 0.6 is 24.0 Å². The van der Waals surface area contributed by atoms with E-state index in [1.165, 1.54) is 22.3 Å². The summed E-state index contributed by atoms with van der Waals surface area (Å²) in [6.07, 6.45) is 2.82. The summed E-state index contributed by atoms with van der Waals surface area (Å²) in [7, 11) is 0. The molecule has 0 bridgehead atoms. The quantitative estimate of drug-likeness (QED) is 0.619. The SMILES string of the molecule is CCOC(=O)[C@@H]1SC(=S)N(n2cnnc2)C1=N. The number of nitrogens with one attached hydrogen (secondary N) is 1. The Bertz CT molecular complexity index is 460. The van der Waals surface area contributed by atoms with Gasteiger partial charge in [-0.2, -0.15) is 0 Å². The number of thioether (sulfide) groups is 1. The summed E-state index contributed by atoms with van der Waals surface area (Å²) in [6.45, 7) is 2.00. The number of thiocarbonyl (C=S) groups is 1. The van der Waals surface area contributed by atoms with Crippen LogP contribution in [0.5, 0.6) is 0 Å². The second-order valence-electron chi connectivity index (χ2n) is 3.05. The number of nitrogens with zero attached hydrogens (tertiary/aromatic N) is 4. The second-order valence-corrected chi connectivity index (χ2v) is 4.79. The molecule has 0 aromatic carbocycles. The fraction of sp³-hybridized carbons (Fsp3) is 0.375. The first-order chi connectivity index (χ1) is 8.15. The zero-order chi connectivity index (χ0) is 12.4. The highest BCUT2D eigenvalue weighted by atomic mass is 32.2. The number of hydrogen-bond acceptors (Lipinski definition) is 7. The number of carbonyl (C=O) groups excluding carboxylic acids is 1. The standard InChI is InChI=1S/C8H9N5O2S2/c1-2-15-7(14)5-6(9)13(8(16)17-5)12-3-10-11-4-12/h3-5,9H,2H2,1H3/t5-/m1/s1. The van der Waals surface area contributed by atoms with E-state index < -0.39 is 11.2 Å². The Morgan fingerprint density at radius 1 is 1.65 bits per heavy atom. The fourth-order valence-corrected chi connectivity index (χ4v) is 2.66. The van der Waals surface area contributed by atoms with Crippen molar-refractivity contribution in [3.63, 3.8) is 0 Å². The van der Waals surface area contributed by atoms with E-state index >= 15 is 0 Å².